The normalized spacial score (nSPS) is 12.8. The standard InChI is InChI=1S/C30H33N2O5S/c1-21-11-17-24(18-12-21)38(34,35)31(5)19-26(22-13-15-23(36-6)16-14-22)27-20-32(29(33)37-30(2,3)4)28-10-8-7-9-25(27)28/h7-18,20,26H,5,19H2,1-4,6H3/q+1. The van der Waals surface area contributed by atoms with Gasteiger partial charge in [0.2, 0.25) is 0 Å². The Kier molecular flexibility index (Phi) is 7.47. The number of aryl methyl sites for hydroxylation is 1. The largest absolute Gasteiger partial charge is 0.497 e. The van der Waals surface area contributed by atoms with Crippen molar-refractivity contribution in [1.82, 2.24) is 4.57 Å². The van der Waals surface area contributed by atoms with Crippen LogP contribution in [-0.2, 0) is 14.8 Å². The maximum absolute atomic E-state index is 13.4. The Labute approximate surface area is 224 Å². The fourth-order valence-corrected chi connectivity index (χ4v) is 5.45. The zero-order valence-corrected chi connectivity index (χ0v) is 23.2. The molecule has 0 N–H and O–H groups in total. The van der Waals surface area contributed by atoms with Crippen LogP contribution in [0.1, 0.15) is 43.4 Å². The number of sulfonamides is 1. The molecule has 0 amide bonds. The molecule has 0 aliphatic heterocycles. The summed E-state index contributed by atoms with van der Waals surface area (Å²) in [6.45, 7) is 11.3. The third-order valence-corrected chi connectivity index (χ3v) is 7.97. The van der Waals surface area contributed by atoms with Crippen molar-refractivity contribution in [2.75, 3.05) is 13.7 Å². The molecule has 0 saturated heterocycles. The molecular formula is C30H33N2O5S+. The van der Waals surface area contributed by atoms with E-state index in [9.17, 15) is 13.2 Å². The Morgan fingerprint density at radius 2 is 1.63 bits per heavy atom. The second kappa shape index (κ2) is 10.5. The summed E-state index contributed by atoms with van der Waals surface area (Å²) in [7, 11) is -2.28. The van der Waals surface area contributed by atoms with Gasteiger partial charge in [-0.15, -0.1) is 3.98 Å². The highest BCUT2D eigenvalue weighted by Crippen LogP contribution is 2.34. The predicted octanol–water partition coefficient (Wildman–Crippen LogP) is 5.98. The molecule has 1 unspecified atom stereocenters. The van der Waals surface area contributed by atoms with Crippen LogP contribution in [0.2, 0.25) is 0 Å². The number of methoxy groups -OCH3 is 1. The number of aromatic nitrogens is 1. The van der Waals surface area contributed by atoms with E-state index in [1.54, 1.807) is 37.6 Å². The highest BCUT2D eigenvalue weighted by Gasteiger charge is 2.32. The first-order valence-electron chi connectivity index (χ1n) is 12.3. The van der Waals surface area contributed by atoms with Crippen molar-refractivity contribution >= 4 is 33.7 Å². The van der Waals surface area contributed by atoms with E-state index >= 15 is 0 Å². The summed E-state index contributed by atoms with van der Waals surface area (Å²) in [5.41, 5.74) is 2.59. The number of benzene rings is 3. The van der Waals surface area contributed by atoms with Crippen molar-refractivity contribution in [2.24, 2.45) is 0 Å². The Balaban J connectivity index is 1.83. The van der Waals surface area contributed by atoms with Gasteiger partial charge in [-0.05, 0) is 69.2 Å². The molecular weight excluding hydrogens is 500 g/mol. The molecule has 0 bridgehead atoms. The summed E-state index contributed by atoms with van der Waals surface area (Å²) in [5, 5.41) is 0.820. The second-order valence-corrected chi connectivity index (χ2v) is 12.2. The molecule has 8 heteroatoms. The van der Waals surface area contributed by atoms with Crippen molar-refractivity contribution in [2.45, 2.75) is 44.1 Å². The predicted molar refractivity (Wildman–Crippen MR) is 149 cm³/mol. The molecule has 0 saturated carbocycles. The van der Waals surface area contributed by atoms with E-state index in [1.807, 2.05) is 76.2 Å². The smallest absolute Gasteiger partial charge is 0.419 e. The van der Waals surface area contributed by atoms with Gasteiger partial charge in [0.05, 0.1) is 18.5 Å². The van der Waals surface area contributed by atoms with E-state index < -0.39 is 27.6 Å². The molecule has 4 rings (SSSR count). The molecule has 0 radical (unpaired) electrons. The fourth-order valence-electron chi connectivity index (χ4n) is 4.33. The number of carbonyl (C=O) groups is 1. The molecule has 7 nitrogen and oxygen atoms in total. The van der Waals surface area contributed by atoms with Crippen LogP contribution >= 0.6 is 0 Å². The first kappa shape index (κ1) is 27.1. The summed E-state index contributed by atoms with van der Waals surface area (Å²) in [6.07, 6.45) is 1.23. The van der Waals surface area contributed by atoms with Gasteiger partial charge in [-0.1, -0.05) is 48.0 Å². The summed E-state index contributed by atoms with van der Waals surface area (Å²) in [4.78, 5) is 13.3. The highest BCUT2D eigenvalue weighted by atomic mass is 32.2. The van der Waals surface area contributed by atoms with Gasteiger partial charge in [0, 0.05) is 11.6 Å². The topological polar surface area (TPSA) is 77.6 Å². The number of rotatable bonds is 7. The number of nitrogens with zero attached hydrogens (tertiary/aromatic N) is 2. The lowest BCUT2D eigenvalue weighted by atomic mass is 9.91. The molecule has 38 heavy (non-hydrogen) atoms. The van der Waals surface area contributed by atoms with Crippen LogP contribution < -0.4 is 4.74 Å². The Hall–Kier alpha value is -3.91. The van der Waals surface area contributed by atoms with Gasteiger partial charge in [-0.25, -0.2) is 4.79 Å². The molecule has 0 aliphatic carbocycles. The zero-order chi connectivity index (χ0) is 27.7. The number of hydrogen-bond donors (Lipinski definition) is 0. The molecule has 1 aromatic heterocycles. The van der Waals surface area contributed by atoms with Crippen molar-refractivity contribution in [3.8, 4) is 5.75 Å². The molecule has 0 fully saturated rings. The van der Waals surface area contributed by atoms with Crippen LogP contribution in [0.5, 0.6) is 5.75 Å². The van der Waals surface area contributed by atoms with Crippen molar-refractivity contribution in [3.63, 3.8) is 0 Å². The number of hydrogen-bond acceptors (Lipinski definition) is 5. The SMILES string of the molecule is C=[N+](CC(c1ccc(OC)cc1)c1cn(C(=O)OC(C)(C)C)c2ccccc12)S(=O)(=O)c1ccc(C)cc1. The second-order valence-electron chi connectivity index (χ2n) is 10.2. The average Bonchev–Trinajstić information content (AvgIpc) is 3.26. The van der Waals surface area contributed by atoms with Crippen LogP contribution in [0.25, 0.3) is 10.9 Å². The molecule has 198 valence electrons. The molecule has 1 atom stereocenters. The Morgan fingerprint density at radius 1 is 1.00 bits per heavy atom. The van der Waals surface area contributed by atoms with Crippen LogP contribution in [0.15, 0.2) is 83.9 Å². The highest BCUT2D eigenvalue weighted by molar-refractivity contribution is 7.85. The molecule has 1 heterocycles. The van der Waals surface area contributed by atoms with Gasteiger partial charge in [0.1, 0.15) is 23.0 Å². The summed E-state index contributed by atoms with van der Waals surface area (Å²) in [5.74, 6) is 0.245. The van der Waals surface area contributed by atoms with E-state index in [1.165, 1.54) is 4.57 Å². The fraction of sp³-hybridized carbons (Fsp3) is 0.267. The van der Waals surface area contributed by atoms with Crippen molar-refractivity contribution in [3.05, 3.63) is 95.7 Å². The minimum absolute atomic E-state index is 0.0465. The summed E-state index contributed by atoms with van der Waals surface area (Å²) < 4.78 is 40.5. The first-order chi connectivity index (χ1) is 17.9. The van der Waals surface area contributed by atoms with Crippen LogP contribution in [0.4, 0.5) is 4.79 Å². The monoisotopic (exact) mass is 533 g/mol. The third kappa shape index (κ3) is 5.65. The Morgan fingerprint density at radius 3 is 2.24 bits per heavy atom. The summed E-state index contributed by atoms with van der Waals surface area (Å²) >= 11 is 0. The number of para-hydroxylation sites is 1. The van der Waals surface area contributed by atoms with Crippen LogP contribution in [0, 0.1) is 6.92 Å². The summed E-state index contributed by atoms with van der Waals surface area (Å²) in [6, 6.07) is 21.7. The van der Waals surface area contributed by atoms with Gasteiger partial charge in [0.25, 0.3) is 0 Å². The van der Waals surface area contributed by atoms with Gasteiger partial charge >= 0.3 is 16.1 Å². The lowest BCUT2D eigenvalue weighted by Crippen LogP contribution is -2.27. The minimum Gasteiger partial charge on any atom is -0.497 e. The van der Waals surface area contributed by atoms with E-state index in [0.717, 1.165) is 26.1 Å². The lowest BCUT2D eigenvalue weighted by molar-refractivity contribution is -0.358. The van der Waals surface area contributed by atoms with Crippen molar-refractivity contribution in [1.29, 1.82) is 0 Å². The van der Waals surface area contributed by atoms with E-state index in [2.05, 4.69) is 6.72 Å². The number of ether oxygens (including phenoxy) is 2. The van der Waals surface area contributed by atoms with Crippen molar-refractivity contribution < 1.29 is 26.7 Å². The average molecular weight is 534 g/mol. The molecule has 0 spiro atoms. The maximum atomic E-state index is 13.4. The van der Waals surface area contributed by atoms with Gasteiger partial charge < -0.3 is 9.47 Å². The van der Waals surface area contributed by atoms with Gasteiger partial charge in [-0.2, -0.15) is 8.42 Å². The van der Waals surface area contributed by atoms with Gasteiger partial charge in [-0.3, -0.25) is 4.57 Å². The number of carbonyl (C=O) groups excluding carboxylic acids is 1. The van der Waals surface area contributed by atoms with Gasteiger partial charge in [0.15, 0.2) is 6.54 Å². The minimum atomic E-state index is -3.87. The number of fused-ring (bicyclic) bond motifs is 1. The lowest BCUT2D eigenvalue weighted by Gasteiger charge is -2.19. The molecule has 0 aliphatic rings. The zero-order valence-electron chi connectivity index (χ0n) is 22.3. The third-order valence-electron chi connectivity index (χ3n) is 6.27. The molecule has 3 aromatic carbocycles. The quantitative estimate of drug-likeness (QED) is 0.216. The van der Waals surface area contributed by atoms with E-state index in [0.29, 0.717) is 11.3 Å². The van der Waals surface area contributed by atoms with E-state index in [4.69, 9.17) is 9.47 Å². The first-order valence-corrected chi connectivity index (χ1v) is 13.7. The Bertz CT molecular complexity index is 1580. The maximum Gasteiger partial charge on any atom is 0.419 e. The van der Waals surface area contributed by atoms with E-state index in [-0.39, 0.29) is 11.4 Å². The van der Waals surface area contributed by atoms with Crippen LogP contribution in [0.3, 0.4) is 0 Å². The van der Waals surface area contributed by atoms with Crippen LogP contribution in [-0.4, -0.2) is 49.0 Å². The molecule has 4 aromatic rings.